The number of halogens is 1. The molecule has 0 radical (unpaired) electrons. The molecule has 1 N–H and O–H groups in total. The van der Waals surface area contributed by atoms with Gasteiger partial charge in [0.25, 0.3) is 0 Å². The zero-order valence-corrected chi connectivity index (χ0v) is 11.9. The van der Waals surface area contributed by atoms with Gasteiger partial charge in [-0.05, 0) is 48.9 Å². The van der Waals surface area contributed by atoms with Crippen molar-refractivity contribution in [3.63, 3.8) is 0 Å². The number of aryl methyl sites for hydroxylation is 1. The SMILES string of the molecule is Cc1ccc(CC(CO)Cc2cccc(Cl)c2)cc1. The van der Waals surface area contributed by atoms with Gasteiger partial charge in [-0.2, -0.15) is 0 Å². The van der Waals surface area contributed by atoms with E-state index in [2.05, 4.69) is 37.3 Å². The Labute approximate surface area is 119 Å². The fourth-order valence-corrected chi connectivity index (χ4v) is 2.47. The van der Waals surface area contributed by atoms with E-state index in [9.17, 15) is 5.11 Å². The van der Waals surface area contributed by atoms with E-state index in [-0.39, 0.29) is 12.5 Å². The molecule has 0 amide bonds. The van der Waals surface area contributed by atoms with Crippen LogP contribution in [0.3, 0.4) is 0 Å². The first-order chi connectivity index (χ1) is 9.17. The van der Waals surface area contributed by atoms with E-state index in [0.29, 0.717) is 0 Å². The van der Waals surface area contributed by atoms with Crippen molar-refractivity contribution in [2.75, 3.05) is 6.61 Å². The Balaban J connectivity index is 2.02. The average Bonchev–Trinajstić information content (AvgIpc) is 2.40. The van der Waals surface area contributed by atoms with Crippen LogP contribution in [0.2, 0.25) is 5.02 Å². The summed E-state index contributed by atoms with van der Waals surface area (Å²) in [5, 5.41) is 10.3. The number of hydrogen-bond acceptors (Lipinski definition) is 1. The minimum absolute atomic E-state index is 0.195. The summed E-state index contributed by atoms with van der Waals surface area (Å²) >= 11 is 5.99. The molecule has 19 heavy (non-hydrogen) atoms. The smallest absolute Gasteiger partial charge is 0.0465 e. The van der Waals surface area contributed by atoms with E-state index in [1.807, 2.05) is 18.2 Å². The number of hydrogen-bond donors (Lipinski definition) is 1. The van der Waals surface area contributed by atoms with Crippen molar-refractivity contribution < 1.29 is 5.11 Å². The van der Waals surface area contributed by atoms with Crippen LogP contribution in [-0.2, 0) is 12.8 Å². The first-order valence-electron chi connectivity index (χ1n) is 6.58. The topological polar surface area (TPSA) is 20.2 Å². The maximum atomic E-state index is 9.54. The van der Waals surface area contributed by atoms with E-state index in [0.717, 1.165) is 17.9 Å². The van der Waals surface area contributed by atoms with Crippen LogP contribution >= 0.6 is 11.6 Å². The minimum atomic E-state index is 0.195. The van der Waals surface area contributed by atoms with E-state index >= 15 is 0 Å². The quantitative estimate of drug-likeness (QED) is 0.872. The summed E-state index contributed by atoms with van der Waals surface area (Å²) in [4.78, 5) is 0. The van der Waals surface area contributed by atoms with Crippen LogP contribution in [0.5, 0.6) is 0 Å². The van der Waals surface area contributed by atoms with Crippen molar-refractivity contribution in [3.8, 4) is 0 Å². The lowest BCUT2D eigenvalue weighted by Gasteiger charge is -2.14. The highest BCUT2D eigenvalue weighted by Crippen LogP contribution is 2.18. The third-order valence-corrected chi connectivity index (χ3v) is 3.55. The highest BCUT2D eigenvalue weighted by molar-refractivity contribution is 6.30. The highest BCUT2D eigenvalue weighted by Gasteiger charge is 2.10. The Hall–Kier alpha value is -1.31. The Morgan fingerprint density at radius 2 is 1.68 bits per heavy atom. The van der Waals surface area contributed by atoms with Gasteiger partial charge in [-0.3, -0.25) is 0 Å². The molecule has 1 nitrogen and oxygen atoms in total. The lowest BCUT2D eigenvalue weighted by molar-refractivity contribution is 0.225. The van der Waals surface area contributed by atoms with Crippen molar-refractivity contribution in [2.24, 2.45) is 5.92 Å². The minimum Gasteiger partial charge on any atom is -0.396 e. The first kappa shape index (κ1) is 14.1. The van der Waals surface area contributed by atoms with Gasteiger partial charge < -0.3 is 5.11 Å². The molecular weight excluding hydrogens is 256 g/mol. The molecular formula is C17H19ClO. The lowest BCUT2D eigenvalue weighted by atomic mass is 9.93. The second-order valence-corrected chi connectivity index (χ2v) is 5.51. The molecule has 0 heterocycles. The number of benzene rings is 2. The summed E-state index contributed by atoms with van der Waals surface area (Å²) in [6, 6.07) is 16.4. The van der Waals surface area contributed by atoms with Gasteiger partial charge in [-0.15, -0.1) is 0 Å². The molecule has 0 saturated heterocycles. The molecule has 100 valence electrons. The van der Waals surface area contributed by atoms with E-state index in [1.54, 1.807) is 0 Å². The van der Waals surface area contributed by atoms with Crippen LogP contribution in [0, 0.1) is 12.8 Å². The Kier molecular flexibility index (Phi) is 5.00. The second-order valence-electron chi connectivity index (χ2n) is 5.07. The monoisotopic (exact) mass is 274 g/mol. The molecule has 2 rings (SSSR count). The molecule has 0 aromatic heterocycles. The highest BCUT2D eigenvalue weighted by atomic mass is 35.5. The molecule has 0 aliphatic carbocycles. The summed E-state index contributed by atoms with van der Waals surface area (Å²) in [6.45, 7) is 2.28. The molecule has 0 saturated carbocycles. The average molecular weight is 275 g/mol. The van der Waals surface area contributed by atoms with Crippen LogP contribution in [0.1, 0.15) is 16.7 Å². The van der Waals surface area contributed by atoms with Crippen molar-refractivity contribution >= 4 is 11.6 Å². The maximum Gasteiger partial charge on any atom is 0.0465 e. The predicted octanol–water partition coefficient (Wildman–Crippen LogP) is 4.04. The van der Waals surface area contributed by atoms with Gasteiger partial charge >= 0.3 is 0 Å². The zero-order valence-electron chi connectivity index (χ0n) is 11.1. The molecule has 2 aromatic carbocycles. The molecule has 1 unspecified atom stereocenters. The first-order valence-corrected chi connectivity index (χ1v) is 6.96. The van der Waals surface area contributed by atoms with Crippen LogP contribution in [0.25, 0.3) is 0 Å². The summed E-state index contributed by atoms with van der Waals surface area (Å²) in [6.07, 6.45) is 1.74. The van der Waals surface area contributed by atoms with Gasteiger partial charge in [0.05, 0.1) is 0 Å². The molecule has 0 fully saturated rings. The van der Waals surface area contributed by atoms with Gasteiger partial charge in [-0.1, -0.05) is 53.6 Å². The van der Waals surface area contributed by atoms with Crippen LogP contribution in [0.15, 0.2) is 48.5 Å². The van der Waals surface area contributed by atoms with Gasteiger partial charge in [0.15, 0.2) is 0 Å². The third-order valence-electron chi connectivity index (χ3n) is 3.32. The molecule has 0 aliphatic heterocycles. The van der Waals surface area contributed by atoms with Crippen molar-refractivity contribution in [1.82, 2.24) is 0 Å². The standard InChI is InChI=1S/C17H19ClO/c1-13-5-7-14(8-6-13)9-16(12-19)10-15-3-2-4-17(18)11-15/h2-8,11,16,19H,9-10,12H2,1H3. The Bertz CT molecular complexity index is 519. The van der Waals surface area contributed by atoms with Crippen LogP contribution in [-0.4, -0.2) is 11.7 Å². The molecule has 0 aliphatic rings. The summed E-state index contributed by atoms with van der Waals surface area (Å²) in [5.74, 6) is 0.237. The summed E-state index contributed by atoms with van der Waals surface area (Å²) < 4.78 is 0. The van der Waals surface area contributed by atoms with Crippen LogP contribution < -0.4 is 0 Å². The van der Waals surface area contributed by atoms with Crippen molar-refractivity contribution in [1.29, 1.82) is 0 Å². The largest absolute Gasteiger partial charge is 0.396 e. The molecule has 0 bridgehead atoms. The maximum absolute atomic E-state index is 9.54. The van der Waals surface area contributed by atoms with Gasteiger partial charge in [0, 0.05) is 11.6 Å². The fourth-order valence-electron chi connectivity index (χ4n) is 2.26. The number of aliphatic hydroxyl groups is 1. The molecule has 0 spiro atoms. The van der Waals surface area contributed by atoms with Gasteiger partial charge in [-0.25, -0.2) is 0 Å². The molecule has 1 atom stereocenters. The fraction of sp³-hybridized carbons (Fsp3) is 0.294. The number of rotatable bonds is 5. The Morgan fingerprint density at radius 1 is 1.00 bits per heavy atom. The van der Waals surface area contributed by atoms with Crippen molar-refractivity contribution in [2.45, 2.75) is 19.8 Å². The predicted molar refractivity (Wildman–Crippen MR) is 80.6 cm³/mol. The van der Waals surface area contributed by atoms with Crippen LogP contribution in [0.4, 0.5) is 0 Å². The normalized spacial score (nSPS) is 12.4. The summed E-state index contributed by atoms with van der Waals surface area (Å²) in [5.41, 5.74) is 3.71. The van der Waals surface area contributed by atoms with Gasteiger partial charge in [0.1, 0.15) is 0 Å². The Morgan fingerprint density at radius 3 is 2.32 bits per heavy atom. The number of aliphatic hydroxyl groups excluding tert-OH is 1. The third kappa shape index (κ3) is 4.38. The second kappa shape index (κ2) is 6.74. The van der Waals surface area contributed by atoms with E-state index in [1.165, 1.54) is 16.7 Å². The summed E-state index contributed by atoms with van der Waals surface area (Å²) in [7, 11) is 0. The zero-order chi connectivity index (χ0) is 13.7. The molecule has 2 heteroatoms. The van der Waals surface area contributed by atoms with E-state index < -0.39 is 0 Å². The molecule has 2 aromatic rings. The lowest BCUT2D eigenvalue weighted by Crippen LogP contribution is -2.13. The van der Waals surface area contributed by atoms with Gasteiger partial charge in [0.2, 0.25) is 0 Å². The van der Waals surface area contributed by atoms with Crippen molar-refractivity contribution in [3.05, 3.63) is 70.2 Å². The van der Waals surface area contributed by atoms with E-state index in [4.69, 9.17) is 11.6 Å².